The van der Waals surface area contributed by atoms with Crippen LogP contribution in [0.2, 0.25) is 0 Å². The van der Waals surface area contributed by atoms with Crippen LogP contribution in [0.4, 0.5) is 0 Å². The lowest BCUT2D eigenvalue weighted by Gasteiger charge is -2.24. The van der Waals surface area contributed by atoms with Crippen molar-refractivity contribution < 1.29 is 19.4 Å². The molecule has 0 spiro atoms. The number of fused-ring (bicyclic) bond motifs is 1. The van der Waals surface area contributed by atoms with E-state index in [1.165, 1.54) is 0 Å². The van der Waals surface area contributed by atoms with E-state index in [0.717, 1.165) is 36.0 Å². The van der Waals surface area contributed by atoms with Crippen molar-refractivity contribution in [2.45, 2.75) is 46.1 Å². The number of hydrogen-bond acceptors (Lipinski definition) is 4. The van der Waals surface area contributed by atoms with Crippen molar-refractivity contribution in [2.75, 3.05) is 13.1 Å². The van der Waals surface area contributed by atoms with E-state index in [4.69, 9.17) is 9.84 Å². The van der Waals surface area contributed by atoms with Gasteiger partial charge in [-0.3, -0.25) is 9.59 Å². The molecule has 1 aromatic heterocycles. The minimum absolute atomic E-state index is 0.136. The molecule has 0 aliphatic heterocycles. The first-order valence-electron chi connectivity index (χ1n) is 8.67. The summed E-state index contributed by atoms with van der Waals surface area (Å²) in [5.74, 6) is -1.05. The lowest BCUT2D eigenvalue weighted by atomic mass is 10.1. The maximum absolute atomic E-state index is 11.9. The third kappa shape index (κ3) is 5.06. The summed E-state index contributed by atoms with van der Waals surface area (Å²) >= 11 is 0. The van der Waals surface area contributed by atoms with Gasteiger partial charge in [-0.1, -0.05) is 13.0 Å². The number of esters is 1. The number of carboxylic acids is 1. The Morgan fingerprint density at radius 2 is 2.04 bits per heavy atom. The van der Waals surface area contributed by atoms with Crippen molar-refractivity contribution >= 4 is 22.8 Å². The van der Waals surface area contributed by atoms with Crippen LogP contribution in [0.5, 0.6) is 5.75 Å². The minimum atomic E-state index is -1.01. The molecule has 25 heavy (non-hydrogen) atoms. The number of H-pyrrole nitrogens is 1. The first-order chi connectivity index (χ1) is 11.9. The molecule has 0 saturated carbocycles. The normalized spacial score (nSPS) is 11.4. The van der Waals surface area contributed by atoms with E-state index in [2.05, 4.69) is 30.7 Å². The van der Waals surface area contributed by atoms with E-state index in [9.17, 15) is 9.59 Å². The highest BCUT2D eigenvalue weighted by Crippen LogP contribution is 2.29. The van der Waals surface area contributed by atoms with Gasteiger partial charge in [0.1, 0.15) is 5.75 Å². The number of benzene rings is 1. The minimum Gasteiger partial charge on any atom is -0.481 e. The van der Waals surface area contributed by atoms with Crippen LogP contribution < -0.4 is 4.74 Å². The number of aromatic amines is 1. The van der Waals surface area contributed by atoms with Gasteiger partial charge in [-0.05, 0) is 44.5 Å². The molecule has 2 N–H and O–H groups in total. The predicted octanol–water partition coefficient (Wildman–Crippen LogP) is 3.21. The van der Waals surface area contributed by atoms with Gasteiger partial charge in [0.2, 0.25) is 0 Å². The number of nitrogens with one attached hydrogen (secondary N) is 1. The van der Waals surface area contributed by atoms with Crippen LogP contribution in [0.3, 0.4) is 0 Å². The van der Waals surface area contributed by atoms with Gasteiger partial charge in [-0.15, -0.1) is 0 Å². The van der Waals surface area contributed by atoms with E-state index in [1.807, 2.05) is 18.3 Å². The van der Waals surface area contributed by atoms with Gasteiger partial charge < -0.3 is 19.7 Å². The first-order valence-corrected chi connectivity index (χ1v) is 8.67. The van der Waals surface area contributed by atoms with E-state index in [-0.39, 0.29) is 12.8 Å². The topological polar surface area (TPSA) is 82.6 Å². The Morgan fingerprint density at radius 1 is 1.28 bits per heavy atom. The van der Waals surface area contributed by atoms with Crippen molar-refractivity contribution in [1.82, 2.24) is 9.88 Å². The standard InChI is InChI=1S/C19H26N2O4/c1-4-21(13(2)3)11-10-14-12-20-15-6-5-7-16(19(14)15)25-18(24)9-8-17(22)23/h5-7,12-13,20H,4,8-11H2,1-3H3,(H,22,23). The summed E-state index contributed by atoms with van der Waals surface area (Å²) in [6.07, 6.45) is 2.43. The molecular formula is C19H26N2O4. The first kappa shape index (κ1) is 19.0. The van der Waals surface area contributed by atoms with Crippen LogP contribution in [-0.2, 0) is 16.0 Å². The van der Waals surface area contributed by atoms with Gasteiger partial charge in [0.05, 0.1) is 12.8 Å². The number of ether oxygens (including phenoxy) is 1. The Balaban J connectivity index is 2.17. The van der Waals surface area contributed by atoms with Crippen LogP contribution in [0, 0.1) is 0 Å². The smallest absolute Gasteiger partial charge is 0.311 e. The number of aromatic nitrogens is 1. The van der Waals surface area contributed by atoms with Gasteiger partial charge in [0.25, 0.3) is 0 Å². The Labute approximate surface area is 147 Å². The quantitative estimate of drug-likeness (QED) is 0.538. The second-order valence-corrected chi connectivity index (χ2v) is 6.33. The molecular weight excluding hydrogens is 320 g/mol. The lowest BCUT2D eigenvalue weighted by Crippen LogP contribution is -2.32. The summed E-state index contributed by atoms with van der Waals surface area (Å²) < 4.78 is 5.42. The molecule has 0 saturated heterocycles. The van der Waals surface area contributed by atoms with Gasteiger partial charge in [-0.25, -0.2) is 0 Å². The van der Waals surface area contributed by atoms with Crippen LogP contribution in [-0.4, -0.2) is 46.1 Å². The largest absolute Gasteiger partial charge is 0.481 e. The molecule has 0 fully saturated rings. The second-order valence-electron chi connectivity index (χ2n) is 6.33. The third-order valence-corrected chi connectivity index (χ3v) is 4.32. The highest BCUT2D eigenvalue weighted by Gasteiger charge is 2.15. The number of likely N-dealkylation sites (N-methyl/N-ethyl adjacent to an activating group) is 1. The molecule has 0 unspecified atom stereocenters. The Morgan fingerprint density at radius 3 is 2.68 bits per heavy atom. The molecule has 2 aromatic rings. The maximum atomic E-state index is 11.9. The molecule has 136 valence electrons. The molecule has 2 rings (SSSR count). The monoisotopic (exact) mass is 346 g/mol. The van der Waals surface area contributed by atoms with Crippen molar-refractivity contribution in [1.29, 1.82) is 0 Å². The van der Waals surface area contributed by atoms with E-state index < -0.39 is 11.9 Å². The van der Waals surface area contributed by atoms with Gasteiger partial charge in [0.15, 0.2) is 0 Å². The summed E-state index contributed by atoms with van der Waals surface area (Å²) in [7, 11) is 0. The number of aliphatic carboxylic acids is 1. The van der Waals surface area contributed by atoms with Crippen LogP contribution in [0.1, 0.15) is 39.2 Å². The zero-order chi connectivity index (χ0) is 18.4. The molecule has 0 aliphatic rings. The molecule has 6 heteroatoms. The van der Waals surface area contributed by atoms with Crippen LogP contribution in [0.25, 0.3) is 10.9 Å². The molecule has 0 aliphatic carbocycles. The summed E-state index contributed by atoms with van der Waals surface area (Å²) in [5.41, 5.74) is 2.00. The number of carbonyl (C=O) groups is 2. The van der Waals surface area contributed by atoms with Crippen molar-refractivity contribution in [3.63, 3.8) is 0 Å². The van der Waals surface area contributed by atoms with Gasteiger partial charge in [0, 0.05) is 29.7 Å². The summed E-state index contributed by atoms with van der Waals surface area (Å²) in [5, 5.41) is 9.58. The molecule has 0 amide bonds. The second kappa shape index (κ2) is 8.67. The molecule has 0 atom stereocenters. The fourth-order valence-electron chi connectivity index (χ4n) is 2.93. The fourth-order valence-corrected chi connectivity index (χ4v) is 2.93. The third-order valence-electron chi connectivity index (χ3n) is 4.32. The SMILES string of the molecule is CCN(CCc1c[nH]c2cccc(OC(=O)CCC(=O)O)c12)C(C)C. The summed E-state index contributed by atoms with van der Waals surface area (Å²) in [6.45, 7) is 8.40. The van der Waals surface area contributed by atoms with Gasteiger partial charge >= 0.3 is 11.9 Å². The molecule has 6 nitrogen and oxygen atoms in total. The number of carboxylic acid groups (broad SMARTS) is 1. The summed E-state index contributed by atoms with van der Waals surface area (Å²) in [6, 6.07) is 5.98. The van der Waals surface area contributed by atoms with Crippen molar-refractivity contribution in [2.24, 2.45) is 0 Å². The van der Waals surface area contributed by atoms with Crippen molar-refractivity contribution in [3.8, 4) is 5.75 Å². The van der Waals surface area contributed by atoms with Crippen LogP contribution >= 0.6 is 0 Å². The fraction of sp³-hybridized carbons (Fsp3) is 0.474. The number of hydrogen-bond donors (Lipinski definition) is 2. The van der Waals surface area contributed by atoms with E-state index in [0.29, 0.717) is 11.8 Å². The lowest BCUT2D eigenvalue weighted by molar-refractivity contribution is -0.142. The van der Waals surface area contributed by atoms with Crippen molar-refractivity contribution in [3.05, 3.63) is 30.0 Å². The highest BCUT2D eigenvalue weighted by atomic mass is 16.5. The Bertz CT molecular complexity index is 736. The summed E-state index contributed by atoms with van der Waals surface area (Å²) in [4.78, 5) is 28.1. The number of carbonyl (C=O) groups excluding carboxylic acids is 1. The zero-order valence-corrected chi connectivity index (χ0v) is 15.0. The van der Waals surface area contributed by atoms with Crippen LogP contribution in [0.15, 0.2) is 24.4 Å². The molecule has 0 bridgehead atoms. The Hall–Kier alpha value is -2.34. The number of nitrogens with zero attached hydrogens (tertiary/aromatic N) is 1. The van der Waals surface area contributed by atoms with E-state index in [1.54, 1.807) is 6.07 Å². The molecule has 0 radical (unpaired) electrons. The van der Waals surface area contributed by atoms with E-state index >= 15 is 0 Å². The zero-order valence-electron chi connectivity index (χ0n) is 15.0. The van der Waals surface area contributed by atoms with Gasteiger partial charge in [-0.2, -0.15) is 0 Å². The molecule has 1 heterocycles. The molecule has 1 aromatic carbocycles. The highest BCUT2D eigenvalue weighted by molar-refractivity contribution is 5.91. The average molecular weight is 346 g/mol. The maximum Gasteiger partial charge on any atom is 0.311 e. The average Bonchev–Trinajstić information content (AvgIpc) is 2.97. The predicted molar refractivity (Wildman–Crippen MR) is 96.9 cm³/mol. The Kier molecular flexibility index (Phi) is 6.58. The number of rotatable bonds is 9.